The lowest BCUT2D eigenvalue weighted by Gasteiger charge is -2.19. The predicted molar refractivity (Wildman–Crippen MR) is 82.3 cm³/mol. The van der Waals surface area contributed by atoms with Crippen LogP contribution in [0, 0.1) is 17.7 Å². The van der Waals surface area contributed by atoms with Gasteiger partial charge in [-0.15, -0.1) is 0 Å². The number of halogens is 1. The zero-order valence-electron chi connectivity index (χ0n) is 12.4. The molecular formula is C17H21FN2O2. The number of rotatable bonds is 6. The summed E-state index contributed by atoms with van der Waals surface area (Å²) in [5, 5.41) is 2.82. The van der Waals surface area contributed by atoms with E-state index in [4.69, 9.17) is 5.73 Å². The number of benzene rings is 1. The van der Waals surface area contributed by atoms with Gasteiger partial charge in [-0.05, 0) is 43.4 Å². The topological polar surface area (TPSA) is 72.2 Å². The molecule has 5 heteroatoms. The Balaban J connectivity index is 1.88. The fourth-order valence-corrected chi connectivity index (χ4v) is 2.58. The average Bonchev–Trinajstić information content (AvgIpc) is 2.53. The smallest absolute Gasteiger partial charge is 0.223 e. The van der Waals surface area contributed by atoms with Crippen molar-refractivity contribution in [3.63, 3.8) is 0 Å². The first-order valence-corrected chi connectivity index (χ1v) is 7.52. The molecule has 0 heterocycles. The van der Waals surface area contributed by atoms with Crippen LogP contribution in [0.4, 0.5) is 4.39 Å². The Bertz CT molecular complexity index is 554. The monoisotopic (exact) mass is 304 g/mol. The highest BCUT2D eigenvalue weighted by Crippen LogP contribution is 2.18. The maximum atomic E-state index is 12.9. The minimum absolute atomic E-state index is 0.0238. The number of carbonyl (C=O) groups is 2. The Morgan fingerprint density at radius 3 is 2.59 bits per heavy atom. The first kappa shape index (κ1) is 16.2. The normalized spacial score (nSPS) is 18.7. The summed E-state index contributed by atoms with van der Waals surface area (Å²) in [4.78, 5) is 23.6. The van der Waals surface area contributed by atoms with Crippen LogP contribution in [-0.2, 0) is 16.0 Å². The van der Waals surface area contributed by atoms with E-state index in [1.807, 2.05) is 6.08 Å². The first-order valence-electron chi connectivity index (χ1n) is 7.52. The summed E-state index contributed by atoms with van der Waals surface area (Å²) in [6.45, 7) is 0.214. The van der Waals surface area contributed by atoms with Gasteiger partial charge in [0.1, 0.15) is 5.82 Å². The molecule has 0 radical (unpaired) electrons. The first-order chi connectivity index (χ1) is 10.6. The molecule has 0 saturated heterocycles. The van der Waals surface area contributed by atoms with Crippen LogP contribution in [0.5, 0.6) is 0 Å². The summed E-state index contributed by atoms with van der Waals surface area (Å²) in [5.74, 6) is -1.33. The van der Waals surface area contributed by atoms with Crippen molar-refractivity contribution in [1.82, 2.24) is 5.32 Å². The molecule has 1 aromatic rings. The molecule has 22 heavy (non-hydrogen) atoms. The summed E-state index contributed by atoms with van der Waals surface area (Å²) in [7, 11) is 0. The second kappa shape index (κ2) is 7.73. The summed E-state index contributed by atoms with van der Waals surface area (Å²) in [6.07, 6.45) is 6.96. The van der Waals surface area contributed by atoms with Crippen molar-refractivity contribution in [2.24, 2.45) is 17.6 Å². The molecule has 0 bridgehead atoms. The quantitative estimate of drug-likeness (QED) is 0.788. The van der Waals surface area contributed by atoms with Crippen molar-refractivity contribution in [1.29, 1.82) is 0 Å². The number of carbonyl (C=O) groups excluding carboxylic acids is 2. The molecule has 118 valence electrons. The van der Waals surface area contributed by atoms with Crippen LogP contribution >= 0.6 is 0 Å². The fourth-order valence-electron chi connectivity index (χ4n) is 2.58. The Kier molecular flexibility index (Phi) is 5.69. The number of nitrogens with one attached hydrogen (secondary N) is 1. The number of amides is 2. The van der Waals surface area contributed by atoms with E-state index in [0.717, 1.165) is 24.8 Å². The highest BCUT2D eigenvalue weighted by Gasteiger charge is 2.22. The van der Waals surface area contributed by atoms with Crippen LogP contribution in [0.3, 0.4) is 0 Å². The van der Waals surface area contributed by atoms with Gasteiger partial charge in [-0.2, -0.15) is 0 Å². The zero-order valence-corrected chi connectivity index (χ0v) is 12.4. The largest absolute Gasteiger partial charge is 0.369 e. The second-order valence-electron chi connectivity index (χ2n) is 5.66. The lowest BCUT2D eigenvalue weighted by atomic mass is 9.93. The number of allylic oxidation sites excluding steroid dienone is 2. The lowest BCUT2D eigenvalue weighted by Crippen LogP contribution is -2.39. The molecule has 0 saturated carbocycles. The Hall–Kier alpha value is -2.17. The number of primary amides is 1. The van der Waals surface area contributed by atoms with Crippen molar-refractivity contribution >= 4 is 11.8 Å². The van der Waals surface area contributed by atoms with Crippen LogP contribution in [0.2, 0.25) is 0 Å². The zero-order chi connectivity index (χ0) is 15.9. The Labute approximate surface area is 129 Å². The summed E-state index contributed by atoms with van der Waals surface area (Å²) >= 11 is 0. The highest BCUT2D eigenvalue weighted by atomic mass is 19.1. The fraction of sp³-hybridized carbons (Fsp3) is 0.412. The average molecular weight is 304 g/mol. The molecular weight excluding hydrogens is 283 g/mol. The second-order valence-corrected chi connectivity index (χ2v) is 5.66. The Morgan fingerprint density at radius 1 is 1.27 bits per heavy atom. The number of nitrogens with two attached hydrogens (primary N) is 1. The summed E-state index contributed by atoms with van der Waals surface area (Å²) in [6, 6.07) is 5.94. The van der Waals surface area contributed by atoms with Crippen LogP contribution in [0.15, 0.2) is 36.4 Å². The van der Waals surface area contributed by atoms with Gasteiger partial charge in [0.05, 0.1) is 5.92 Å². The Morgan fingerprint density at radius 2 is 2.00 bits per heavy atom. The standard InChI is InChI=1S/C17H21FN2O2/c18-15-8-6-12(7-9-15)10-14(16(19)21)11-20-17(22)13-4-2-1-3-5-13/h1-2,6-9,13-14H,3-5,10-11H2,(H2,19,21)(H,20,22)/t13-,14+/m1/s1. The summed E-state index contributed by atoms with van der Waals surface area (Å²) in [5.41, 5.74) is 6.22. The van der Waals surface area contributed by atoms with Crippen LogP contribution in [-0.4, -0.2) is 18.4 Å². The van der Waals surface area contributed by atoms with E-state index >= 15 is 0 Å². The van der Waals surface area contributed by atoms with Gasteiger partial charge in [-0.3, -0.25) is 9.59 Å². The predicted octanol–water partition coefficient (Wildman–Crippen LogP) is 1.94. The van der Waals surface area contributed by atoms with Gasteiger partial charge >= 0.3 is 0 Å². The van der Waals surface area contributed by atoms with Crippen LogP contribution in [0.1, 0.15) is 24.8 Å². The van der Waals surface area contributed by atoms with E-state index in [-0.39, 0.29) is 24.2 Å². The maximum absolute atomic E-state index is 12.9. The van der Waals surface area contributed by atoms with E-state index in [1.54, 1.807) is 12.1 Å². The van der Waals surface area contributed by atoms with Crippen molar-refractivity contribution in [2.45, 2.75) is 25.7 Å². The number of hydrogen-bond donors (Lipinski definition) is 2. The molecule has 0 unspecified atom stereocenters. The molecule has 0 spiro atoms. The van der Waals surface area contributed by atoms with Gasteiger partial charge < -0.3 is 11.1 Å². The van der Waals surface area contributed by atoms with Gasteiger partial charge in [-0.1, -0.05) is 24.3 Å². The van der Waals surface area contributed by atoms with Crippen molar-refractivity contribution < 1.29 is 14.0 Å². The molecule has 2 amide bonds. The molecule has 2 rings (SSSR count). The van der Waals surface area contributed by atoms with Crippen molar-refractivity contribution in [3.8, 4) is 0 Å². The van der Waals surface area contributed by atoms with Gasteiger partial charge in [0.2, 0.25) is 11.8 Å². The highest BCUT2D eigenvalue weighted by molar-refractivity contribution is 5.81. The molecule has 1 aliphatic carbocycles. The third-order valence-electron chi connectivity index (χ3n) is 3.96. The van der Waals surface area contributed by atoms with E-state index in [9.17, 15) is 14.0 Å². The molecule has 2 atom stereocenters. The minimum Gasteiger partial charge on any atom is -0.369 e. The van der Waals surface area contributed by atoms with Gasteiger partial charge in [-0.25, -0.2) is 4.39 Å². The van der Waals surface area contributed by atoms with Gasteiger partial charge in [0.25, 0.3) is 0 Å². The molecule has 1 aromatic carbocycles. The third-order valence-corrected chi connectivity index (χ3v) is 3.96. The molecule has 0 aromatic heterocycles. The maximum Gasteiger partial charge on any atom is 0.223 e. The van der Waals surface area contributed by atoms with E-state index in [1.165, 1.54) is 12.1 Å². The van der Waals surface area contributed by atoms with Crippen molar-refractivity contribution in [2.75, 3.05) is 6.54 Å². The van der Waals surface area contributed by atoms with Gasteiger partial charge in [0, 0.05) is 12.5 Å². The third kappa shape index (κ3) is 4.69. The van der Waals surface area contributed by atoms with Crippen LogP contribution in [0.25, 0.3) is 0 Å². The van der Waals surface area contributed by atoms with E-state index in [2.05, 4.69) is 11.4 Å². The van der Waals surface area contributed by atoms with Crippen molar-refractivity contribution in [3.05, 3.63) is 47.8 Å². The SMILES string of the molecule is NC(=O)[C@H](CNC(=O)[C@@H]1CC=CCC1)Cc1ccc(F)cc1. The lowest BCUT2D eigenvalue weighted by molar-refractivity contribution is -0.126. The number of hydrogen-bond acceptors (Lipinski definition) is 2. The van der Waals surface area contributed by atoms with E-state index < -0.39 is 11.8 Å². The molecule has 3 N–H and O–H groups in total. The molecule has 1 aliphatic rings. The molecule has 0 aliphatic heterocycles. The van der Waals surface area contributed by atoms with E-state index in [0.29, 0.717) is 6.42 Å². The molecule has 0 fully saturated rings. The molecule has 4 nitrogen and oxygen atoms in total. The van der Waals surface area contributed by atoms with Crippen LogP contribution < -0.4 is 11.1 Å². The summed E-state index contributed by atoms with van der Waals surface area (Å²) < 4.78 is 12.9. The minimum atomic E-state index is -0.492. The van der Waals surface area contributed by atoms with Gasteiger partial charge in [0.15, 0.2) is 0 Å².